The maximum atomic E-state index is 12.8. The number of hydrogen-bond acceptors (Lipinski definition) is 5. The van der Waals surface area contributed by atoms with Crippen LogP contribution in [0.2, 0.25) is 0 Å². The molecule has 1 atom stereocenters. The highest BCUT2D eigenvalue weighted by molar-refractivity contribution is 5.69. The maximum Gasteiger partial charge on any atom is 0.418 e. The summed E-state index contributed by atoms with van der Waals surface area (Å²) in [5.41, 5.74) is -1.42. The van der Waals surface area contributed by atoms with Crippen molar-refractivity contribution in [3.05, 3.63) is 17.8 Å². The first-order chi connectivity index (χ1) is 11.5. The van der Waals surface area contributed by atoms with Crippen molar-refractivity contribution in [2.45, 2.75) is 38.6 Å². The van der Waals surface area contributed by atoms with Crippen LogP contribution in [-0.2, 0) is 10.9 Å². The molecule has 1 aromatic heterocycles. The fraction of sp³-hybridized carbons (Fsp3) is 0.625. The van der Waals surface area contributed by atoms with E-state index in [9.17, 15) is 18.0 Å². The number of halogens is 3. The number of carbonyl (C=O) groups is 1. The Morgan fingerprint density at radius 2 is 2.04 bits per heavy atom. The van der Waals surface area contributed by atoms with Crippen LogP contribution in [0.1, 0.15) is 26.3 Å². The molecule has 3 rings (SSSR count). The molecule has 0 saturated carbocycles. The third-order valence-corrected chi connectivity index (χ3v) is 4.00. The highest BCUT2D eigenvalue weighted by Gasteiger charge is 2.39. The average molecular weight is 359 g/mol. The summed E-state index contributed by atoms with van der Waals surface area (Å²) in [5.74, 6) is 0.505. The van der Waals surface area contributed by atoms with Crippen LogP contribution < -0.4 is 9.64 Å². The lowest BCUT2D eigenvalue weighted by atomic mass is 10.1. The van der Waals surface area contributed by atoms with Gasteiger partial charge in [-0.2, -0.15) is 13.2 Å². The molecule has 0 bridgehead atoms. The van der Waals surface area contributed by atoms with E-state index in [-0.39, 0.29) is 18.4 Å². The molecular weight excluding hydrogens is 339 g/mol. The molecule has 1 amide bonds. The average Bonchev–Trinajstić information content (AvgIpc) is 2.51. The molecule has 2 aliphatic rings. The summed E-state index contributed by atoms with van der Waals surface area (Å²) in [5, 5.41) is 0. The second-order valence-corrected chi connectivity index (χ2v) is 7.13. The molecule has 0 aliphatic carbocycles. The highest BCUT2D eigenvalue weighted by Crippen LogP contribution is 2.38. The molecule has 0 radical (unpaired) electrons. The van der Waals surface area contributed by atoms with Gasteiger partial charge in [0.15, 0.2) is 11.6 Å². The van der Waals surface area contributed by atoms with Crippen LogP contribution in [-0.4, -0.2) is 53.9 Å². The number of piperazine rings is 1. The van der Waals surface area contributed by atoms with Gasteiger partial charge in [-0.05, 0) is 26.8 Å². The van der Waals surface area contributed by atoms with Crippen molar-refractivity contribution in [2.75, 3.05) is 31.1 Å². The number of rotatable bonds is 0. The van der Waals surface area contributed by atoms with Gasteiger partial charge in [0.1, 0.15) is 12.2 Å². The highest BCUT2D eigenvalue weighted by atomic mass is 19.4. The summed E-state index contributed by atoms with van der Waals surface area (Å²) in [6.45, 7) is 6.81. The summed E-state index contributed by atoms with van der Waals surface area (Å²) >= 11 is 0. The van der Waals surface area contributed by atoms with Crippen LogP contribution in [0, 0.1) is 0 Å². The second kappa shape index (κ2) is 5.96. The number of fused-ring (bicyclic) bond motifs is 3. The van der Waals surface area contributed by atoms with Gasteiger partial charge in [0, 0.05) is 25.8 Å². The number of nitrogens with zero attached hydrogens (tertiary/aromatic N) is 3. The van der Waals surface area contributed by atoms with Crippen LogP contribution in [0.4, 0.5) is 23.8 Å². The third kappa shape index (κ3) is 3.74. The molecular formula is C16H20F3N3O3. The Labute approximate surface area is 143 Å². The van der Waals surface area contributed by atoms with E-state index in [0.717, 1.165) is 12.3 Å². The number of ether oxygens (including phenoxy) is 2. The normalized spacial score (nSPS) is 20.5. The zero-order chi connectivity index (χ0) is 18.4. The predicted molar refractivity (Wildman–Crippen MR) is 83.7 cm³/mol. The molecule has 0 unspecified atom stereocenters. The minimum absolute atomic E-state index is 0.122. The lowest BCUT2D eigenvalue weighted by molar-refractivity contribution is -0.138. The van der Waals surface area contributed by atoms with Gasteiger partial charge in [0.25, 0.3) is 0 Å². The van der Waals surface area contributed by atoms with Gasteiger partial charge in [-0.1, -0.05) is 0 Å². The fourth-order valence-corrected chi connectivity index (χ4v) is 2.87. The number of amides is 1. The first kappa shape index (κ1) is 17.6. The number of carbonyl (C=O) groups excluding carboxylic acids is 1. The Hall–Kier alpha value is -2.19. The molecule has 6 nitrogen and oxygen atoms in total. The Bertz CT molecular complexity index is 673. The van der Waals surface area contributed by atoms with Crippen LogP contribution >= 0.6 is 0 Å². The maximum absolute atomic E-state index is 12.8. The van der Waals surface area contributed by atoms with Gasteiger partial charge in [-0.25, -0.2) is 9.78 Å². The summed E-state index contributed by atoms with van der Waals surface area (Å²) in [4.78, 5) is 19.6. The van der Waals surface area contributed by atoms with E-state index in [1.54, 1.807) is 25.7 Å². The smallest absolute Gasteiger partial charge is 0.418 e. The second-order valence-electron chi connectivity index (χ2n) is 7.13. The first-order valence-corrected chi connectivity index (χ1v) is 7.99. The minimum atomic E-state index is -4.46. The zero-order valence-electron chi connectivity index (χ0n) is 14.3. The molecule has 25 heavy (non-hydrogen) atoms. The van der Waals surface area contributed by atoms with E-state index in [4.69, 9.17) is 9.47 Å². The summed E-state index contributed by atoms with van der Waals surface area (Å²) in [6.07, 6.45) is -4.05. The van der Waals surface area contributed by atoms with Gasteiger partial charge < -0.3 is 19.3 Å². The molecule has 138 valence electrons. The summed E-state index contributed by atoms with van der Waals surface area (Å²) in [6, 6.07) is 0.803. The van der Waals surface area contributed by atoms with E-state index >= 15 is 0 Å². The van der Waals surface area contributed by atoms with E-state index in [0.29, 0.717) is 25.5 Å². The van der Waals surface area contributed by atoms with Gasteiger partial charge in [0.2, 0.25) is 0 Å². The van der Waals surface area contributed by atoms with Crippen LogP contribution in [0.5, 0.6) is 5.75 Å². The van der Waals surface area contributed by atoms with Crippen molar-refractivity contribution in [3.8, 4) is 5.75 Å². The molecule has 2 aliphatic heterocycles. The van der Waals surface area contributed by atoms with Crippen molar-refractivity contribution in [3.63, 3.8) is 0 Å². The lowest BCUT2D eigenvalue weighted by Crippen LogP contribution is -2.59. The number of anilines is 1. The largest absolute Gasteiger partial charge is 0.487 e. The van der Waals surface area contributed by atoms with Crippen molar-refractivity contribution in [1.82, 2.24) is 9.88 Å². The van der Waals surface area contributed by atoms with Crippen LogP contribution in [0.25, 0.3) is 0 Å². The van der Waals surface area contributed by atoms with Crippen LogP contribution in [0.15, 0.2) is 12.3 Å². The van der Waals surface area contributed by atoms with Crippen molar-refractivity contribution >= 4 is 11.9 Å². The standard InChI is InChI=1S/C16H20F3N3O3/c1-15(2,3)25-14(23)21-4-5-22-11(8-21)9-24-12-6-10(16(17,18)19)7-20-13(12)22/h6-7,11H,4-5,8-9H2,1-3H3/t11-/m1/s1. The molecule has 0 N–H and O–H groups in total. The Morgan fingerprint density at radius 1 is 1.32 bits per heavy atom. The quantitative estimate of drug-likeness (QED) is 0.713. The molecule has 0 spiro atoms. The molecule has 1 aromatic rings. The van der Waals surface area contributed by atoms with Gasteiger partial charge in [0.05, 0.1) is 11.6 Å². The molecule has 1 saturated heterocycles. The summed E-state index contributed by atoms with van der Waals surface area (Å²) < 4.78 is 49.2. The fourth-order valence-electron chi connectivity index (χ4n) is 2.87. The Kier molecular flexibility index (Phi) is 4.20. The number of hydrogen-bond donors (Lipinski definition) is 0. The molecule has 9 heteroatoms. The van der Waals surface area contributed by atoms with E-state index in [2.05, 4.69) is 4.98 Å². The number of aromatic nitrogens is 1. The van der Waals surface area contributed by atoms with Crippen molar-refractivity contribution < 1.29 is 27.4 Å². The minimum Gasteiger partial charge on any atom is -0.487 e. The first-order valence-electron chi connectivity index (χ1n) is 7.99. The van der Waals surface area contributed by atoms with Gasteiger partial charge >= 0.3 is 12.3 Å². The molecule has 0 aromatic carbocycles. The van der Waals surface area contributed by atoms with Gasteiger partial charge in [-0.15, -0.1) is 0 Å². The monoisotopic (exact) mass is 359 g/mol. The predicted octanol–water partition coefficient (Wildman–Crippen LogP) is 2.92. The zero-order valence-corrected chi connectivity index (χ0v) is 14.3. The van der Waals surface area contributed by atoms with E-state index in [1.807, 2.05) is 4.90 Å². The van der Waals surface area contributed by atoms with Crippen LogP contribution in [0.3, 0.4) is 0 Å². The third-order valence-electron chi connectivity index (χ3n) is 4.00. The SMILES string of the molecule is CC(C)(C)OC(=O)N1CCN2c3ncc(C(F)(F)F)cc3OC[C@H]2C1. The molecule has 1 fully saturated rings. The number of pyridine rings is 1. The molecule has 3 heterocycles. The van der Waals surface area contributed by atoms with E-state index < -0.39 is 23.4 Å². The van der Waals surface area contributed by atoms with Gasteiger partial charge in [-0.3, -0.25) is 0 Å². The Balaban J connectivity index is 1.74. The topological polar surface area (TPSA) is 54.9 Å². The van der Waals surface area contributed by atoms with E-state index in [1.165, 1.54) is 0 Å². The van der Waals surface area contributed by atoms with Crippen molar-refractivity contribution in [1.29, 1.82) is 0 Å². The summed E-state index contributed by atoms with van der Waals surface area (Å²) in [7, 11) is 0. The lowest BCUT2D eigenvalue weighted by Gasteiger charge is -2.44. The van der Waals surface area contributed by atoms with Crippen molar-refractivity contribution in [2.24, 2.45) is 0 Å². The number of alkyl halides is 3. The Morgan fingerprint density at radius 3 is 2.68 bits per heavy atom.